The zero-order valence-corrected chi connectivity index (χ0v) is 12.8. The number of halogens is 2. The summed E-state index contributed by atoms with van der Waals surface area (Å²) in [7, 11) is 0. The lowest BCUT2D eigenvalue weighted by Gasteiger charge is -2.40. The van der Waals surface area contributed by atoms with Crippen molar-refractivity contribution in [2.24, 2.45) is 11.8 Å². The predicted molar refractivity (Wildman–Crippen MR) is 79.8 cm³/mol. The van der Waals surface area contributed by atoms with E-state index in [1.54, 1.807) is 0 Å². The Kier molecular flexibility index (Phi) is 6.57. The number of hydrogen-bond donors (Lipinski definition) is 0. The first-order valence-corrected chi connectivity index (χ1v) is 8.47. The second kappa shape index (κ2) is 7.94. The van der Waals surface area contributed by atoms with Crippen molar-refractivity contribution in [3.05, 3.63) is 0 Å². The first kappa shape index (κ1) is 14.9. The van der Waals surface area contributed by atoms with Crippen LogP contribution in [0.25, 0.3) is 0 Å². The van der Waals surface area contributed by atoms with E-state index < -0.39 is 0 Å². The van der Waals surface area contributed by atoms with Crippen molar-refractivity contribution >= 4 is 23.2 Å². The van der Waals surface area contributed by atoms with Crippen molar-refractivity contribution in [3.8, 4) is 0 Å². The molecule has 0 aromatic carbocycles. The smallest absolute Gasteiger partial charge is 0.0351 e. The molecule has 106 valence electrons. The molecule has 0 N–H and O–H groups in total. The molecule has 0 aromatic heterocycles. The second-order valence-electron chi connectivity index (χ2n) is 5.74. The fourth-order valence-corrected chi connectivity index (χ4v) is 4.01. The van der Waals surface area contributed by atoms with Crippen LogP contribution in [0, 0.1) is 11.8 Å². The van der Waals surface area contributed by atoms with E-state index in [4.69, 9.17) is 23.2 Å². The lowest BCUT2D eigenvalue weighted by molar-refractivity contribution is 0.101. The highest BCUT2D eigenvalue weighted by Crippen LogP contribution is 2.32. The average Bonchev–Trinajstić information content (AvgIpc) is 2.41. The molecular weight excluding hydrogens is 267 g/mol. The Labute approximate surface area is 122 Å². The number of piperidine rings is 2. The summed E-state index contributed by atoms with van der Waals surface area (Å²) in [5.41, 5.74) is 0. The maximum absolute atomic E-state index is 5.81. The highest BCUT2D eigenvalue weighted by atomic mass is 35.5. The highest BCUT2D eigenvalue weighted by Gasteiger charge is 2.29. The number of rotatable bonds is 5. The van der Waals surface area contributed by atoms with E-state index in [9.17, 15) is 0 Å². The van der Waals surface area contributed by atoms with Gasteiger partial charge in [-0.05, 0) is 63.7 Å². The van der Waals surface area contributed by atoms with Crippen LogP contribution >= 0.6 is 23.2 Å². The normalized spacial score (nSPS) is 25.7. The van der Waals surface area contributed by atoms with Crippen LogP contribution < -0.4 is 0 Å². The molecule has 0 atom stereocenters. The molecule has 0 spiro atoms. The topological polar surface area (TPSA) is 6.48 Å². The van der Waals surface area contributed by atoms with Gasteiger partial charge < -0.3 is 9.80 Å². The first-order chi connectivity index (χ1) is 8.83. The molecule has 4 heteroatoms. The molecule has 2 nitrogen and oxygen atoms in total. The summed E-state index contributed by atoms with van der Waals surface area (Å²) in [5.74, 6) is 3.49. The summed E-state index contributed by atoms with van der Waals surface area (Å²) in [4.78, 5) is 5.04. The van der Waals surface area contributed by atoms with E-state index in [0.29, 0.717) is 0 Å². The Hall–Kier alpha value is 0.500. The van der Waals surface area contributed by atoms with Crippen molar-refractivity contribution in [2.75, 3.05) is 51.0 Å². The third-order valence-electron chi connectivity index (χ3n) is 4.73. The van der Waals surface area contributed by atoms with Crippen LogP contribution in [0.4, 0.5) is 0 Å². The quantitative estimate of drug-likeness (QED) is 0.719. The molecule has 0 saturated carbocycles. The second-order valence-corrected chi connectivity index (χ2v) is 6.49. The Balaban J connectivity index is 1.68. The van der Waals surface area contributed by atoms with Gasteiger partial charge in [0.1, 0.15) is 0 Å². The van der Waals surface area contributed by atoms with E-state index in [0.717, 1.165) is 36.7 Å². The van der Waals surface area contributed by atoms with Crippen LogP contribution in [-0.4, -0.2) is 60.8 Å². The molecule has 2 fully saturated rings. The van der Waals surface area contributed by atoms with Crippen molar-refractivity contribution in [1.29, 1.82) is 0 Å². The molecule has 2 aliphatic heterocycles. The lowest BCUT2D eigenvalue weighted by Crippen LogP contribution is -2.41. The van der Waals surface area contributed by atoms with E-state index in [1.807, 2.05) is 0 Å². The van der Waals surface area contributed by atoms with E-state index >= 15 is 0 Å². The number of alkyl halides is 2. The molecule has 0 aliphatic carbocycles. The summed E-state index contributed by atoms with van der Waals surface area (Å²) in [6, 6.07) is 0. The maximum atomic E-state index is 5.81. The van der Waals surface area contributed by atoms with E-state index in [2.05, 4.69) is 9.80 Å². The fraction of sp³-hybridized carbons (Fsp3) is 1.00. The van der Waals surface area contributed by atoms with Gasteiger partial charge in [-0.2, -0.15) is 0 Å². The van der Waals surface area contributed by atoms with E-state index in [-0.39, 0.29) is 0 Å². The Morgan fingerprint density at radius 2 is 1.00 bits per heavy atom. The number of hydrogen-bond acceptors (Lipinski definition) is 2. The number of likely N-dealkylation sites (tertiary alicyclic amines) is 2. The number of nitrogens with zero attached hydrogens (tertiary/aromatic N) is 2. The van der Waals surface area contributed by atoms with Gasteiger partial charge in [-0.25, -0.2) is 0 Å². The van der Waals surface area contributed by atoms with Gasteiger partial charge in [-0.1, -0.05) is 0 Å². The summed E-state index contributed by atoms with van der Waals surface area (Å²) in [6.45, 7) is 7.20. The van der Waals surface area contributed by atoms with Gasteiger partial charge in [0.25, 0.3) is 0 Å². The maximum Gasteiger partial charge on any atom is 0.0351 e. The van der Waals surface area contributed by atoms with Gasteiger partial charge in [0.2, 0.25) is 0 Å². The SMILES string of the molecule is ClCCN1CCC(C2CCN(CCCl)CC2)CC1. The molecule has 2 aliphatic rings. The zero-order valence-electron chi connectivity index (χ0n) is 11.3. The van der Waals surface area contributed by atoms with Crippen molar-refractivity contribution < 1.29 is 0 Å². The summed E-state index contributed by atoms with van der Waals surface area (Å²) in [6.07, 6.45) is 5.54. The Bertz CT molecular complexity index is 198. The van der Waals surface area contributed by atoms with Gasteiger partial charge in [-0.15, -0.1) is 23.2 Å². The summed E-state index contributed by atoms with van der Waals surface area (Å²) in [5, 5.41) is 0. The molecule has 0 unspecified atom stereocenters. The third-order valence-corrected chi connectivity index (χ3v) is 5.07. The highest BCUT2D eigenvalue weighted by molar-refractivity contribution is 6.18. The molecular formula is C14H26Cl2N2. The summed E-state index contributed by atoms with van der Waals surface area (Å²) < 4.78 is 0. The summed E-state index contributed by atoms with van der Waals surface area (Å²) >= 11 is 11.6. The molecule has 18 heavy (non-hydrogen) atoms. The average molecular weight is 293 g/mol. The molecule has 0 radical (unpaired) electrons. The molecule has 0 amide bonds. The van der Waals surface area contributed by atoms with Crippen molar-refractivity contribution in [1.82, 2.24) is 9.80 Å². The minimum atomic E-state index is 0.779. The van der Waals surface area contributed by atoms with E-state index in [1.165, 1.54) is 51.9 Å². The van der Waals surface area contributed by atoms with Gasteiger partial charge >= 0.3 is 0 Å². The van der Waals surface area contributed by atoms with Gasteiger partial charge in [0, 0.05) is 24.8 Å². The fourth-order valence-electron chi connectivity index (χ4n) is 3.53. The van der Waals surface area contributed by atoms with Crippen LogP contribution in [0.3, 0.4) is 0 Å². The molecule has 2 saturated heterocycles. The minimum Gasteiger partial charge on any atom is -0.302 e. The monoisotopic (exact) mass is 292 g/mol. The minimum absolute atomic E-state index is 0.779. The van der Waals surface area contributed by atoms with Crippen LogP contribution in [0.5, 0.6) is 0 Å². The van der Waals surface area contributed by atoms with Crippen molar-refractivity contribution in [2.45, 2.75) is 25.7 Å². The molecule has 0 aromatic rings. The zero-order chi connectivity index (χ0) is 12.8. The molecule has 2 rings (SSSR count). The Morgan fingerprint density at radius 3 is 1.28 bits per heavy atom. The standard InChI is InChI=1S/C14H26Cl2N2/c15-5-11-17-7-1-13(2-8-17)14-3-9-18(10-4-14)12-6-16/h13-14H,1-12H2. The van der Waals surface area contributed by atoms with Crippen LogP contribution in [0.1, 0.15) is 25.7 Å². The van der Waals surface area contributed by atoms with Crippen LogP contribution in [-0.2, 0) is 0 Å². The van der Waals surface area contributed by atoms with Gasteiger partial charge in [-0.3, -0.25) is 0 Å². The first-order valence-electron chi connectivity index (χ1n) is 7.40. The molecule has 0 bridgehead atoms. The lowest BCUT2D eigenvalue weighted by atomic mass is 9.79. The molecule has 2 heterocycles. The Morgan fingerprint density at radius 1 is 0.667 bits per heavy atom. The van der Waals surface area contributed by atoms with Crippen molar-refractivity contribution in [3.63, 3.8) is 0 Å². The third kappa shape index (κ3) is 4.26. The predicted octanol–water partition coefficient (Wildman–Crippen LogP) is 2.89. The largest absolute Gasteiger partial charge is 0.302 e. The van der Waals surface area contributed by atoms with Crippen LogP contribution in [0.2, 0.25) is 0 Å². The van der Waals surface area contributed by atoms with Crippen LogP contribution in [0.15, 0.2) is 0 Å². The van der Waals surface area contributed by atoms with Gasteiger partial charge in [0.15, 0.2) is 0 Å². The van der Waals surface area contributed by atoms with Gasteiger partial charge in [0.05, 0.1) is 0 Å².